The summed E-state index contributed by atoms with van der Waals surface area (Å²) in [5.74, 6) is 0.538. The molecule has 4 rings (SSSR count). The molecule has 7 nitrogen and oxygen atoms in total. The number of H-pyrrole nitrogens is 1. The number of aromatic amines is 1. The second-order valence-electron chi connectivity index (χ2n) is 7.41. The van der Waals surface area contributed by atoms with Crippen LogP contribution < -0.4 is 14.9 Å². The van der Waals surface area contributed by atoms with Crippen molar-refractivity contribution < 1.29 is 8.42 Å². The fourth-order valence-corrected chi connectivity index (χ4v) is 7.05. The first-order chi connectivity index (χ1) is 15.6. The summed E-state index contributed by atoms with van der Waals surface area (Å²) in [6.45, 7) is 0.545. The Morgan fingerprint density at radius 3 is 2.30 bits per heavy atom. The molecule has 0 bridgehead atoms. The van der Waals surface area contributed by atoms with Gasteiger partial charge in [-0.05, 0) is 75.9 Å². The Kier molecular flexibility index (Phi) is 7.42. The molecule has 0 saturated carbocycles. The van der Waals surface area contributed by atoms with Gasteiger partial charge in [-0.25, -0.2) is 18.1 Å². The zero-order chi connectivity index (χ0) is 23.9. The lowest BCUT2D eigenvalue weighted by Crippen LogP contribution is -2.29. The Bertz CT molecular complexity index is 1430. The van der Waals surface area contributed by atoms with Gasteiger partial charge in [-0.3, -0.25) is 0 Å². The van der Waals surface area contributed by atoms with Crippen molar-refractivity contribution in [2.75, 3.05) is 37.4 Å². The molecule has 3 aromatic carbocycles. The minimum atomic E-state index is -3.70. The van der Waals surface area contributed by atoms with Crippen molar-refractivity contribution in [3.63, 3.8) is 0 Å². The maximum Gasteiger partial charge on any atom is 0.241 e. The van der Waals surface area contributed by atoms with Crippen molar-refractivity contribution in [1.82, 2.24) is 14.7 Å². The molecule has 0 spiro atoms. The van der Waals surface area contributed by atoms with Gasteiger partial charge in [0.25, 0.3) is 0 Å². The molecule has 0 aliphatic heterocycles. The molecule has 1 aromatic heterocycles. The number of halogens is 4. The van der Waals surface area contributed by atoms with Crippen molar-refractivity contribution in [2.45, 2.75) is 4.90 Å². The van der Waals surface area contributed by atoms with Crippen LogP contribution in [0.25, 0.3) is 21.8 Å². The smallest absolute Gasteiger partial charge is 0.241 e. The summed E-state index contributed by atoms with van der Waals surface area (Å²) in [6.07, 6.45) is 0. The first-order valence-corrected chi connectivity index (χ1v) is 14.4. The lowest BCUT2D eigenvalue weighted by molar-refractivity contribution is 0.583. The van der Waals surface area contributed by atoms with E-state index >= 15 is 0 Å². The summed E-state index contributed by atoms with van der Waals surface area (Å²) in [6, 6.07) is 11.0. The maximum atomic E-state index is 13.0. The fraction of sp³-hybridized carbons (Fsp3) is 0.190. The summed E-state index contributed by atoms with van der Waals surface area (Å²) in [7, 11) is 0.174. The van der Waals surface area contributed by atoms with Crippen LogP contribution >= 0.6 is 63.7 Å². The third kappa shape index (κ3) is 4.83. The van der Waals surface area contributed by atoms with Gasteiger partial charge in [0.15, 0.2) is 0 Å². The first kappa shape index (κ1) is 24.9. The van der Waals surface area contributed by atoms with Crippen LogP contribution in [-0.4, -0.2) is 45.6 Å². The molecule has 1 heterocycles. The summed E-state index contributed by atoms with van der Waals surface area (Å²) < 4.78 is 32.1. The molecule has 0 fully saturated rings. The van der Waals surface area contributed by atoms with E-state index in [-0.39, 0.29) is 11.4 Å². The molecule has 0 aliphatic rings. The minimum Gasteiger partial charge on any atom is -0.377 e. The molecule has 4 aromatic rings. The standard InChI is InChI=1S/C21H19Br4N5O2S/c1-30(2)13-7-3-6-12-11(13)5-4-8-14(12)33(31,32)27-10-9-26-21-28-19-17(24)15(22)16(23)18(25)20(19)29-21/h3-8,27H,9-10H2,1-2H3,(H2,26,28,29). The molecule has 0 saturated heterocycles. The number of sulfonamides is 1. The number of hydrogen-bond donors (Lipinski definition) is 3. The van der Waals surface area contributed by atoms with E-state index in [1.54, 1.807) is 12.1 Å². The molecular weight excluding hydrogens is 706 g/mol. The summed E-state index contributed by atoms with van der Waals surface area (Å²) >= 11 is 14.1. The van der Waals surface area contributed by atoms with E-state index in [0.29, 0.717) is 17.9 Å². The second kappa shape index (κ2) is 9.82. The van der Waals surface area contributed by atoms with E-state index in [1.165, 1.54) is 0 Å². The molecule has 0 radical (unpaired) electrons. The number of fused-ring (bicyclic) bond motifs is 2. The van der Waals surface area contributed by atoms with E-state index in [1.807, 2.05) is 43.3 Å². The van der Waals surface area contributed by atoms with Gasteiger partial charge in [0, 0.05) is 52.6 Å². The Morgan fingerprint density at radius 1 is 0.909 bits per heavy atom. The highest BCUT2D eigenvalue weighted by Crippen LogP contribution is 2.42. The number of imidazole rings is 1. The Morgan fingerprint density at radius 2 is 1.58 bits per heavy atom. The third-order valence-electron chi connectivity index (χ3n) is 5.05. The average molecular weight is 725 g/mol. The van der Waals surface area contributed by atoms with E-state index in [4.69, 9.17) is 0 Å². The molecule has 0 amide bonds. The monoisotopic (exact) mass is 721 g/mol. The van der Waals surface area contributed by atoms with Crippen LogP contribution in [0.4, 0.5) is 11.6 Å². The van der Waals surface area contributed by atoms with Gasteiger partial charge in [-0.15, -0.1) is 0 Å². The minimum absolute atomic E-state index is 0.193. The summed E-state index contributed by atoms with van der Waals surface area (Å²) in [5, 5.41) is 4.72. The van der Waals surface area contributed by atoms with Crippen LogP contribution in [0.5, 0.6) is 0 Å². The Hall–Kier alpha value is -1.18. The molecular formula is C21H19Br4N5O2S. The van der Waals surface area contributed by atoms with Crippen LogP contribution in [0.1, 0.15) is 0 Å². The van der Waals surface area contributed by atoms with Crippen molar-refractivity contribution in [3.8, 4) is 0 Å². The van der Waals surface area contributed by atoms with Crippen molar-refractivity contribution >= 4 is 107 Å². The molecule has 0 unspecified atom stereocenters. The SMILES string of the molecule is CN(C)c1cccc2c(S(=O)(=O)NCCNc3nc4c(Br)c(Br)c(Br)c(Br)c4[nH]3)cccc12. The average Bonchev–Trinajstić information content (AvgIpc) is 3.22. The van der Waals surface area contributed by atoms with Gasteiger partial charge in [0.1, 0.15) is 5.52 Å². The first-order valence-electron chi connectivity index (χ1n) is 9.76. The number of anilines is 2. The summed E-state index contributed by atoms with van der Waals surface area (Å²) in [4.78, 5) is 10.00. The quantitative estimate of drug-likeness (QED) is 0.120. The maximum absolute atomic E-state index is 13.0. The van der Waals surface area contributed by atoms with E-state index in [9.17, 15) is 8.42 Å². The molecule has 0 aliphatic carbocycles. The fourth-order valence-electron chi connectivity index (χ4n) is 3.51. The Labute approximate surface area is 225 Å². The Balaban J connectivity index is 1.50. The largest absolute Gasteiger partial charge is 0.377 e. The zero-order valence-electron chi connectivity index (χ0n) is 17.5. The van der Waals surface area contributed by atoms with Crippen LogP contribution in [0, 0.1) is 0 Å². The van der Waals surface area contributed by atoms with Crippen LogP contribution in [-0.2, 0) is 10.0 Å². The van der Waals surface area contributed by atoms with Crippen LogP contribution in [0.2, 0.25) is 0 Å². The lowest BCUT2D eigenvalue weighted by atomic mass is 10.1. The molecule has 3 N–H and O–H groups in total. The predicted octanol–water partition coefficient (Wildman–Crippen LogP) is 6.22. The normalized spacial score (nSPS) is 11.9. The van der Waals surface area contributed by atoms with Gasteiger partial charge in [0.2, 0.25) is 16.0 Å². The van der Waals surface area contributed by atoms with Crippen molar-refractivity contribution in [3.05, 3.63) is 54.3 Å². The number of aromatic nitrogens is 2. The highest BCUT2D eigenvalue weighted by molar-refractivity contribution is 9.15. The predicted molar refractivity (Wildman–Crippen MR) is 149 cm³/mol. The van der Waals surface area contributed by atoms with E-state index < -0.39 is 10.0 Å². The second-order valence-corrected chi connectivity index (χ2v) is 12.3. The highest BCUT2D eigenvalue weighted by atomic mass is 79.9. The van der Waals surface area contributed by atoms with Gasteiger partial charge >= 0.3 is 0 Å². The zero-order valence-corrected chi connectivity index (χ0v) is 24.7. The third-order valence-corrected chi connectivity index (χ3v) is 11.3. The lowest BCUT2D eigenvalue weighted by Gasteiger charge is -2.17. The number of hydrogen-bond acceptors (Lipinski definition) is 5. The van der Waals surface area contributed by atoms with Gasteiger partial charge in [-0.1, -0.05) is 24.3 Å². The number of benzene rings is 3. The van der Waals surface area contributed by atoms with Crippen molar-refractivity contribution in [2.24, 2.45) is 0 Å². The molecule has 174 valence electrons. The summed E-state index contributed by atoms with van der Waals surface area (Å²) in [5.41, 5.74) is 2.52. The number of nitrogens with one attached hydrogen (secondary N) is 3. The number of rotatable bonds is 7. The topological polar surface area (TPSA) is 90.1 Å². The molecule has 33 heavy (non-hydrogen) atoms. The van der Waals surface area contributed by atoms with Crippen LogP contribution in [0.15, 0.2) is 59.2 Å². The highest BCUT2D eigenvalue weighted by Gasteiger charge is 2.19. The van der Waals surface area contributed by atoms with Crippen LogP contribution in [0.3, 0.4) is 0 Å². The van der Waals surface area contributed by atoms with Gasteiger partial charge < -0.3 is 15.2 Å². The van der Waals surface area contributed by atoms with E-state index in [0.717, 1.165) is 40.0 Å². The van der Waals surface area contributed by atoms with E-state index in [2.05, 4.69) is 83.7 Å². The van der Waals surface area contributed by atoms with Gasteiger partial charge in [-0.2, -0.15) is 0 Å². The molecule has 12 heteroatoms. The molecule has 0 atom stereocenters. The van der Waals surface area contributed by atoms with Gasteiger partial charge in [0.05, 0.1) is 19.4 Å². The number of nitrogens with zero attached hydrogens (tertiary/aromatic N) is 2. The van der Waals surface area contributed by atoms with Crippen molar-refractivity contribution in [1.29, 1.82) is 0 Å².